The minimum absolute atomic E-state index is 0.190. The number of benzene rings is 2. The molecular formula is C36H31F3N6O3. The first kappa shape index (κ1) is 32.3. The molecule has 1 fully saturated rings. The zero-order valence-electron chi connectivity index (χ0n) is 25.9. The maximum atomic E-state index is 13.6. The highest BCUT2D eigenvalue weighted by Crippen LogP contribution is 2.32. The third-order valence-corrected chi connectivity index (χ3v) is 8.28. The number of halogens is 3. The average molecular weight is 653 g/mol. The first-order chi connectivity index (χ1) is 23.1. The number of hydrogen-bond acceptors (Lipinski definition) is 6. The number of carbonyl (C=O) groups excluding carboxylic acids is 3. The van der Waals surface area contributed by atoms with E-state index in [0.717, 1.165) is 31.4 Å². The molecule has 1 aliphatic rings. The summed E-state index contributed by atoms with van der Waals surface area (Å²) in [6, 6.07) is 20.2. The van der Waals surface area contributed by atoms with Gasteiger partial charge in [0, 0.05) is 49.0 Å². The fourth-order valence-electron chi connectivity index (χ4n) is 5.67. The van der Waals surface area contributed by atoms with E-state index in [9.17, 15) is 27.6 Å². The molecule has 3 aromatic heterocycles. The molecule has 244 valence electrons. The summed E-state index contributed by atoms with van der Waals surface area (Å²) in [6.45, 7) is 1.27. The van der Waals surface area contributed by atoms with E-state index < -0.39 is 29.6 Å². The summed E-state index contributed by atoms with van der Waals surface area (Å²) in [4.78, 5) is 56.9. The second-order valence-corrected chi connectivity index (χ2v) is 11.5. The monoisotopic (exact) mass is 652 g/mol. The van der Waals surface area contributed by atoms with Gasteiger partial charge in [-0.2, -0.15) is 13.2 Å². The molecule has 0 unspecified atom stereocenters. The van der Waals surface area contributed by atoms with Crippen molar-refractivity contribution < 1.29 is 27.6 Å². The summed E-state index contributed by atoms with van der Waals surface area (Å²) in [7, 11) is 1.54. The van der Waals surface area contributed by atoms with Gasteiger partial charge in [-0.05, 0) is 86.0 Å². The lowest BCUT2D eigenvalue weighted by atomic mass is 10.0. The Kier molecular flexibility index (Phi) is 9.15. The van der Waals surface area contributed by atoms with Gasteiger partial charge in [0.25, 0.3) is 17.7 Å². The number of rotatable bonds is 7. The van der Waals surface area contributed by atoms with E-state index in [4.69, 9.17) is 0 Å². The minimum atomic E-state index is -4.48. The smallest absolute Gasteiger partial charge is 0.341 e. The van der Waals surface area contributed by atoms with Gasteiger partial charge in [0.1, 0.15) is 5.82 Å². The van der Waals surface area contributed by atoms with Gasteiger partial charge in [0.15, 0.2) is 6.04 Å². The van der Waals surface area contributed by atoms with Gasteiger partial charge in [-0.25, -0.2) is 4.98 Å². The number of likely N-dealkylation sites (tertiary alicyclic amines) is 1. The molecule has 2 aromatic carbocycles. The Morgan fingerprint density at radius 2 is 1.60 bits per heavy atom. The number of piperidine rings is 1. The van der Waals surface area contributed by atoms with E-state index in [1.165, 1.54) is 23.2 Å². The quantitative estimate of drug-likeness (QED) is 0.216. The van der Waals surface area contributed by atoms with Crippen molar-refractivity contribution in [1.29, 1.82) is 0 Å². The summed E-state index contributed by atoms with van der Waals surface area (Å²) < 4.78 is 39.3. The van der Waals surface area contributed by atoms with Gasteiger partial charge in [-0.15, -0.1) is 0 Å². The van der Waals surface area contributed by atoms with E-state index >= 15 is 0 Å². The van der Waals surface area contributed by atoms with Gasteiger partial charge in [0.2, 0.25) is 0 Å². The SMILES string of the molecule is CN(C(=O)c1cccnc1-c1ccc(C(F)(F)F)cc1)c1ccc2cc(C(=O)N[C@H](C(=O)N3CCCCC3)c3ccccn3)ccc2n1. The van der Waals surface area contributed by atoms with Crippen LogP contribution in [0.2, 0.25) is 0 Å². The number of fused-ring (bicyclic) bond motifs is 1. The first-order valence-corrected chi connectivity index (χ1v) is 15.4. The van der Waals surface area contributed by atoms with Gasteiger partial charge >= 0.3 is 6.18 Å². The highest BCUT2D eigenvalue weighted by Gasteiger charge is 2.31. The highest BCUT2D eigenvalue weighted by atomic mass is 19.4. The van der Waals surface area contributed by atoms with E-state index in [2.05, 4.69) is 20.3 Å². The third kappa shape index (κ3) is 6.87. The second-order valence-electron chi connectivity index (χ2n) is 11.5. The lowest BCUT2D eigenvalue weighted by Gasteiger charge is -2.30. The Morgan fingerprint density at radius 3 is 2.31 bits per heavy atom. The lowest BCUT2D eigenvalue weighted by Crippen LogP contribution is -2.45. The molecule has 1 atom stereocenters. The predicted molar refractivity (Wildman–Crippen MR) is 174 cm³/mol. The van der Waals surface area contributed by atoms with Crippen LogP contribution in [-0.2, 0) is 11.0 Å². The van der Waals surface area contributed by atoms with Crippen molar-refractivity contribution in [3.63, 3.8) is 0 Å². The van der Waals surface area contributed by atoms with Crippen molar-refractivity contribution >= 4 is 34.4 Å². The van der Waals surface area contributed by atoms with Crippen molar-refractivity contribution in [3.8, 4) is 11.3 Å². The summed E-state index contributed by atoms with van der Waals surface area (Å²) in [5.41, 5.74) is 1.29. The van der Waals surface area contributed by atoms with Crippen LogP contribution in [0.5, 0.6) is 0 Å². The zero-order valence-corrected chi connectivity index (χ0v) is 25.9. The molecule has 9 nitrogen and oxygen atoms in total. The molecule has 0 radical (unpaired) electrons. The normalized spacial score (nSPS) is 14.0. The van der Waals surface area contributed by atoms with Crippen LogP contribution < -0.4 is 10.2 Å². The van der Waals surface area contributed by atoms with Crippen LogP contribution in [-0.4, -0.2) is 57.7 Å². The van der Waals surface area contributed by atoms with Crippen LogP contribution in [0.1, 0.15) is 57.3 Å². The molecule has 0 spiro atoms. The van der Waals surface area contributed by atoms with Crippen molar-refractivity contribution in [3.05, 3.63) is 120 Å². The Morgan fingerprint density at radius 1 is 0.854 bits per heavy atom. The molecule has 48 heavy (non-hydrogen) atoms. The van der Waals surface area contributed by atoms with E-state index in [1.54, 1.807) is 78.8 Å². The molecule has 0 saturated carbocycles. The highest BCUT2D eigenvalue weighted by molar-refractivity contribution is 6.09. The molecule has 4 heterocycles. The topological polar surface area (TPSA) is 108 Å². The molecule has 12 heteroatoms. The van der Waals surface area contributed by atoms with Crippen LogP contribution in [0.4, 0.5) is 19.0 Å². The van der Waals surface area contributed by atoms with E-state index in [0.29, 0.717) is 46.6 Å². The number of carbonyl (C=O) groups is 3. The van der Waals surface area contributed by atoms with Crippen LogP contribution in [0, 0.1) is 0 Å². The number of pyridine rings is 3. The molecule has 5 aromatic rings. The van der Waals surface area contributed by atoms with Crippen LogP contribution >= 0.6 is 0 Å². The molecule has 0 bridgehead atoms. The Bertz CT molecular complexity index is 1960. The largest absolute Gasteiger partial charge is 0.416 e. The number of aromatic nitrogens is 3. The number of alkyl halides is 3. The number of nitrogens with one attached hydrogen (secondary N) is 1. The Labute approximate surface area is 274 Å². The van der Waals surface area contributed by atoms with Crippen LogP contribution in [0.3, 0.4) is 0 Å². The molecule has 1 aliphatic heterocycles. The number of anilines is 1. The van der Waals surface area contributed by atoms with Crippen LogP contribution in [0.25, 0.3) is 22.2 Å². The zero-order chi connectivity index (χ0) is 33.8. The molecule has 1 saturated heterocycles. The summed E-state index contributed by atoms with van der Waals surface area (Å²) in [6.07, 6.45) is 1.46. The standard InChI is InChI=1S/C36H31F3N6O3/c1-44(34(47)27-8-7-19-41-31(27)23-10-14-26(15-11-23)36(37,38)39)30-17-13-24-22-25(12-16-28(24)42-30)33(46)43-32(29-9-3-4-18-40-29)35(48)45-20-5-2-6-21-45/h3-4,7-19,22,32H,2,5-6,20-21H2,1H3,(H,43,46)/t32-/m0/s1. The lowest BCUT2D eigenvalue weighted by molar-refractivity contribution is -0.137. The molecule has 6 rings (SSSR count). The Balaban J connectivity index is 1.21. The number of amides is 3. The fourth-order valence-corrected chi connectivity index (χ4v) is 5.67. The predicted octanol–water partition coefficient (Wildman–Crippen LogP) is 6.47. The maximum absolute atomic E-state index is 13.6. The fraction of sp³-hybridized carbons (Fsp3) is 0.222. The number of nitrogens with zero attached hydrogens (tertiary/aromatic N) is 5. The Hall–Kier alpha value is -5.65. The summed E-state index contributed by atoms with van der Waals surface area (Å²) >= 11 is 0. The van der Waals surface area contributed by atoms with Gasteiger partial charge in [-0.1, -0.05) is 18.2 Å². The van der Waals surface area contributed by atoms with Gasteiger partial charge in [-0.3, -0.25) is 29.3 Å². The van der Waals surface area contributed by atoms with Crippen molar-refractivity contribution in [2.75, 3.05) is 25.0 Å². The van der Waals surface area contributed by atoms with Gasteiger partial charge in [0.05, 0.1) is 28.0 Å². The third-order valence-electron chi connectivity index (χ3n) is 8.28. The second kappa shape index (κ2) is 13.6. The molecule has 0 aliphatic carbocycles. The molecular weight excluding hydrogens is 621 g/mol. The maximum Gasteiger partial charge on any atom is 0.416 e. The number of hydrogen-bond donors (Lipinski definition) is 1. The summed E-state index contributed by atoms with van der Waals surface area (Å²) in [5.74, 6) is -0.785. The van der Waals surface area contributed by atoms with Crippen molar-refractivity contribution in [1.82, 2.24) is 25.2 Å². The van der Waals surface area contributed by atoms with E-state index in [1.807, 2.05) is 0 Å². The molecule has 3 amide bonds. The first-order valence-electron chi connectivity index (χ1n) is 15.4. The average Bonchev–Trinajstić information content (AvgIpc) is 3.12. The molecule has 1 N–H and O–H groups in total. The van der Waals surface area contributed by atoms with E-state index in [-0.39, 0.29) is 17.2 Å². The van der Waals surface area contributed by atoms with Crippen LogP contribution in [0.15, 0.2) is 97.3 Å². The minimum Gasteiger partial charge on any atom is -0.341 e. The van der Waals surface area contributed by atoms with Crippen molar-refractivity contribution in [2.45, 2.75) is 31.5 Å². The van der Waals surface area contributed by atoms with Gasteiger partial charge < -0.3 is 10.2 Å². The van der Waals surface area contributed by atoms with Crippen molar-refractivity contribution in [2.24, 2.45) is 0 Å². The summed E-state index contributed by atoms with van der Waals surface area (Å²) in [5, 5.41) is 3.51.